The Bertz CT molecular complexity index is 2630. The van der Waals surface area contributed by atoms with Crippen molar-refractivity contribution in [2.75, 3.05) is 0 Å². The third-order valence-electron chi connectivity index (χ3n) is 9.00. The lowest BCUT2D eigenvalue weighted by Gasteiger charge is -2.12. The second-order valence-corrected chi connectivity index (χ2v) is 11.6. The molecule has 0 aliphatic heterocycles. The molecule has 9 aromatic rings. The smallest absolute Gasteiger partial charge is 0.140 e. The van der Waals surface area contributed by atoms with Gasteiger partial charge in [0.05, 0.1) is 22.1 Å². The third-order valence-corrected chi connectivity index (χ3v) is 9.00. The molecule has 46 heavy (non-hydrogen) atoms. The molecule has 0 fully saturated rings. The average molecular weight is 587 g/mol. The summed E-state index contributed by atoms with van der Waals surface area (Å²) in [7, 11) is 0. The molecule has 0 unspecified atom stereocenters. The van der Waals surface area contributed by atoms with Crippen molar-refractivity contribution >= 4 is 43.6 Å². The Morgan fingerprint density at radius 2 is 1.11 bits per heavy atom. The molecule has 0 spiro atoms. The Morgan fingerprint density at radius 3 is 1.87 bits per heavy atom. The Morgan fingerprint density at radius 1 is 0.457 bits per heavy atom. The maximum Gasteiger partial charge on any atom is 0.140 e. The monoisotopic (exact) mass is 586 g/mol. The number of aromatic nitrogens is 3. The van der Waals surface area contributed by atoms with Gasteiger partial charge in [0, 0.05) is 44.7 Å². The summed E-state index contributed by atoms with van der Waals surface area (Å²) in [6.45, 7) is 0. The van der Waals surface area contributed by atoms with Crippen LogP contribution in [0.15, 0.2) is 158 Å². The highest BCUT2D eigenvalue weighted by Gasteiger charge is 2.20. The maximum absolute atomic E-state index is 9.16. The van der Waals surface area contributed by atoms with Crippen LogP contribution in [0.3, 0.4) is 0 Å². The van der Waals surface area contributed by atoms with E-state index in [1.807, 2.05) is 6.07 Å². The minimum atomic E-state index is 0.417. The van der Waals surface area contributed by atoms with E-state index in [2.05, 4.69) is 160 Å². The van der Waals surface area contributed by atoms with Crippen molar-refractivity contribution in [2.45, 2.75) is 0 Å². The van der Waals surface area contributed by atoms with Crippen LogP contribution in [0, 0.1) is 11.3 Å². The zero-order chi connectivity index (χ0) is 30.6. The Hall–Kier alpha value is -6.44. The number of rotatable bonds is 4. The highest BCUT2D eigenvalue weighted by atomic mass is 15.0. The van der Waals surface area contributed by atoms with Crippen molar-refractivity contribution in [1.82, 2.24) is 14.1 Å². The van der Waals surface area contributed by atoms with E-state index in [9.17, 15) is 0 Å². The minimum Gasteiger partial charge on any atom is -0.309 e. The van der Waals surface area contributed by atoms with E-state index in [4.69, 9.17) is 5.26 Å². The number of hydrogen-bond acceptors (Lipinski definition) is 2. The van der Waals surface area contributed by atoms with Crippen LogP contribution < -0.4 is 0 Å². The molecule has 0 saturated heterocycles. The van der Waals surface area contributed by atoms with E-state index < -0.39 is 0 Å². The summed E-state index contributed by atoms with van der Waals surface area (Å²) in [5.41, 5.74) is 11.7. The molecule has 4 heteroatoms. The molecule has 0 saturated carbocycles. The number of benzene rings is 6. The van der Waals surface area contributed by atoms with Crippen LogP contribution in [0.25, 0.3) is 77.2 Å². The van der Waals surface area contributed by atoms with Gasteiger partial charge in [-0.25, -0.2) is 4.98 Å². The SMILES string of the molecule is N#Cc1ccc(-c2cccc(-c3cccc(-n4c5ccccc5c5c4ccc4c6ccccc6n(-c6ccccc6)c45)c3)c2)cn1. The van der Waals surface area contributed by atoms with Gasteiger partial charge in [0.1, 0.15) is 11.8 Å². The highest BCUT2D eigenvalue weighted by Crippen LogP contribution is 2.42. The Kier molecular flexibility index (Phi) is 5.84. The normalized spacial score (nSPS) is 11.5. The van der Waals surface area contributed by atoms with Crippen LogP contribution >= 0.6 is 0 Å². The molecule has 0 radical (unpaired) electrons. The summed E-state index contributed by atoms with van der Waals surface area (Å²) in [6.07, 6.45) is 1.77. The van der Waals surface area contributed by atoms with E-state index in [0.29, 0.717) is 5.69 Å². The van der Waals surface area contributed by atoms with Crippen molar-refractivity contribution in [3.63, 3.8) is 0 Å². The lowest BCUT2D eigenvalue weighted by atomic mass is 9.99. The van der Waals surface area contributed by atoms with Crippen LogP contribution in [-0.2, 0) is 0 Å². The van der Waals surface area contributed by atoms with Crippen molar-refractivity contribution in [3.8, 4) is 39.7 Å². The van der Waals surface area contributed by atoms with Gasteiger partial charge >= 0.3 is 0 Å². The summed E-state index contributed by atoms with van der Waals surface area (Å²) >= 11 is 0. The maximum atomic E-state index is 9.16. The van der Waals surface area contributed by atoms with Gasteiger partial charge < -0.3 is 9.13 Å². The van der Waals surface area contributed by atoms with Crippen LogP contribution in [0.1, 0.15) is 5.69 Å². The summed E-state index contributed by atoms with van der Waals surface area (Å²) < 4.78 is 4.82. The van der Waals surface area contributed by atoms with Gasteiger partial charge in [-0.15, -0.1) is 0 Å². The predicted octanol–water partition coefficient (Wildman–Crippen LogP) is 10.5. The number of hydrogen-bond donors (Lipinski definition) is 0. The quantitative estimate of drug-likeness (QED) is 0.206. The Labute approximate surface area is 265 Å². The second-order valence-electron chi connectivity index (χ2n) is 11.6. The molecule has 0 N–H and O–H groups in total. The highest BCUT2D eigenvalue weighted by molar-refractivity contribution is 6.26. The zero-order valence-corrected chi connectivity index (χ0v) is 24.8. The van der Waals surface area contributed by atoms with Crippen LogP contribution in [0.4, 0.5) is 0 Å². The molecule has 6 aromatic carbocycles. The molecule has 214 valence electrons. The van der Waals surface area contributed by atoms with Gasteiger partial charge in [-0.05, 0) is 77.4 Å². The fourth-order valence-electron chi connectivity index (χ4n) is 6.97. The first-order valence-electron chi connectivity index (χ1n) is 15.4. The molecule has 0 atom stereocenters. The molecule has 0 aliphatic rings. The van der Waals surface area contributed by atoms with Crippen molar-refractivity contribution < 1.29 is 0 Å². The second kappa shape index (κ2) is 10.3. The number of nitriles is 1. The zero-order valence-electron chi connectivity index (χ0n) is 24.8. The molecule has 0 amide bonds. The van der Waals surface area contributed by atoms with Crippen LogP contribution in [0.5, 0.6) is 0 Å². The van der Waals surface area contributed by atoms with Gasteiger partial charge in [0.25, 0.3) is 0 Å². The topological polar surface area (TPSA) is 46.5 Å². The van der Waals surface area contributed by atoms with Crippen LogP contribution in [0.2, 0.25) is 0 Å². The molecule has 0 aliphatic carbocycles. The van der Waals surface area contributed by atoms with Gasteiger partial charge in [0.2, 0.25) is 0 Å². The van der Waals surface area contributed by atoms with E-state index in [1.54, 1.807) is 12.3 Å². The fraction of sp³-hybridized carbons (Fsp3) is 0. The van der Waals surface area contributed by atoms with Gasteiger partial charge in [-0.1, -0.05) is 91.0 Å². The van der Waals surface area contributed by atoms with E-state index >= 15 is 0 Å². The fourth-order valence-corrected chi connectivity index (χ4v) is 6.97. The average Bonchev–Trinajstić information content (AvgIpc) is 3.65. The third kappa shape index (κ3) is 3.96. The van der Waals surface area contributed by atoms with Gasteiger partial charge in [-0.3, -0.25) is 0 Å². The van der Waals surface area contributed by atoms with E-state index in [0.717, 1.165) is 33.6 Å². The number of para-hydroxylation sites is 3. The number of pyridine rings is 1. The predicted molar refractivity (Wildman–Crippen MR) is 189 cm³/mol. The molecule has 3 heterocycles. The number of fused-ring (bicyclic) bond motifs is 7. The first-order chi connectivity index (χ1) is 22.8. The molecule has 9 rings (SSSR count). The summed E-state index contributed by atoms with van der Waals surface area (Å²) in [5.74, 6) is 0. The Balaban J connectivity index is 1.28. The van der Waals surface area contributed by atoms with Crippen molar-refractivity contribution in [2.24, 2.45) is 0 Å². The lowest BCUT2D eigenvalue weighted by Crippen LogP contribution is -1.95. The van der Waals surface area contributed by atoms with Crippen molar-refractivity contribution in [3.05, 3.63) is 164 Å². The summed E-state index contributed by atoms with van der Waals surface area (Å²) in [5, 5.41) is 14.1. The minimum absolute atomic E-state index is 0.417. The largest absolute Gasteiger partial charge is 0.309 e. The van der Waals surface area contributed by atoms with Crippen LogP contribution in [-0.4, -0.2) is 14.1 Å². The van der Waals surface area contributed by atoms with Crippen molar-refractivity contribution in [1.29, 1.82) is 5.26 Å². The van der Waals surface area contributed by atoms with E-state index in [1.165, 1.54) is 43.6 Å². The standard InChI is InChI=1S/C42H26N4/c43-26-32-21-20-31(27-44-32)29-11-8-10-28(24-29)30-12-9-15-34(25-30)45-39-19-7-5-17-37(39)41-40(45)23-22-36-35-16-4-6-18-38(35)46(42(36)41)33-13-2-1-3-14-33/h1-25,27H. The number of nitrogens with zero attached hydrogens (tertiary/aromatic N) is 4. The van der Waals surface area contributed by atoms with Gasteiger partial charge in [-0.2, -0.15) is 5.26 Å². The first kappa shape index (κ1) is 26.0. The van der Waals surface area contributed by atoms with E-state index in [-0.39, 0.29) is 0 Å². The van der Waals surface area contributed by atoms with Gasteiger partial charge in [0.15, 0.2) is 0 Å². The summed E-state index contributed by atoms with van der Waals surface area (Å²) in [6, 6.07) is 55.8. The molecule has 0 bridgehead atoms. The molecular formula is C42H26N4. The first-order valence-corrected chi connectivity index (χ1v) is 15.4. The summed E-state index contributed by atoms with van der Waals surface area (Å²) in [4.78, 5) is 4.28. The molecule has 4 nitrogen and oxygen atoms in total. The molecular weight excluding hydrogens is 560 g/mol. The lowest BCUT2D eigenvalue weighted by molar-refractivity contribution is 1.17. The molecule has 3 aromatic heterocycles.